The fourth-order valence-electron chi connectivity index (χ4n) is 1.68. The van der Waals surface area contributed by atoms with E-state index >= 15 is 0 Å². The molecule has 14 heavy (non-hydrogen) atoms. The van der Waals surface area contributed by atoms with Gasteiger partial charge in [-0.3, -0.25) is 0 Å². The fraction of sp³-hybridized carbons (Fsp3) is 0.538. The highest BCUT2D eigenvalue weighted by Crippen LogP contribution is 2.18. The lowest BCUT2D eigenvalue weighted by Gasteiger charge is -2.20. The van der Waals surface area contributed by atoms with E-state index < -0.39 is 0 Å². The molecule has 0 spiro atoms. The van der Waals surface area contributed by atoms with E-state index in [4.69, 9.17) is 0 Å². The molecule has 0 amide bonds. The molecule has 0 radical (unpaired) electrons. The van der Waals surface area contributed by atoms with Crippen molar-refractivity contribution in [1.82, 2.24) is 4.90 Å². The Labute approximate surface area is 87.8 Å². The van der Waals surface area contributed by atoms with Crippen molar-refractivity contribution in [3.8, 4) is 0 Å². The summed E-state index contributed by atoms with van der Waals surface area (Å²) in [6.07, 6.45) is 10.2. The Hall–Kier alpha value is -0.980. The highest BCUT2D eigenvalue weighted by molar-refractivity contribution is 5.29. The van der Waals surface area contributed by atoms with Gasteiger partial charge in [0, 0.05) is 18.8 Å². The Morgan fingerprint density at radius 2 is 2.00 bits per heavy atom. The summed E-state index contributed by atoms with van der Waals surface area (Å²) < 4.78 is 0. The molecule has 1 heteroatoms. The molecule has 1 aliphatic heterocycles. The summed E-state index contributed by atoms with van der Waals surface area (Å²) in [4.78, 5) is 2.38. The van der Waals surface area contributed by atoms with Crippen LogP contribution in [0.5, 0.6) is 0 Å². The molecular formula is C13H21N. The average Bonchev–Trinajstić information content (AvgIpc) is 2.69. The molecule has 0 bridgehead atoms. The molecule has 1 aliphatic rings. The van der Waals surface area contributed by atoms with Gasteiger partial charge in [-0.05, 0) is 31.8 Å². The van der Waals surface area contributed by atoms with Crippen LogP contribution in [0.1, 0.15) is 33.1 Å². The molecule has 1 fully saturated rings. The Balaban J connectivity index is 2.50. The zero-order chi connectivity index (χ0) is 10.4. The lowest BCUT2D eigenvalue weighted by Crippen LogP contribution is -2.18. The zero-order valence-corrected chi connectivity index (χ0v) is 9.42. The van der Waals surface area contributed by atoms with Gasteiger partial charge in [-0.2, -0.15) is 0 Å². The standard InChI is InChI=1S/C13H21N/c1-4-5-6-9-12(2)13(3)14-10-7-8-11-14/h5-6,9H,3-4,7-8,10-11H2,1-2H3/b6-5-,12-9-. The van der Waals surface area contributed by atoms with E-state index in [1.54, 1.807) is 0 Å². The summed E-state index contributed by atoms with van der Waals surface area (Å²) in [5.41, 5.74) is 2.49. The molecule has 0 aliphatic carbocycles. The zero-order valence-electron chi connectivity index (χ0n) is 9.42. The van der Waals surface area contributed by atoms with Gasteiger partial charge in [0.15, 0.2) is 0 Å². The summed E-state index contributed by atoms with van der Waals surface area (Å²) in [6, 6.07) is 0. The molecule has 0 saturated carbocycles. The van der Waals surface area contributed by atoms with Gasteiger partial charge in [-0.15, -0.1) is 0 Å². The molecule has 0 aromatic carbocycles. The summed E-state index contributed by atoms with van der Waals surface area (Å²) in [7, 11) is 0. The normalized spacial score (nSPS) is 18.1. The minimum atomic E-state index is 1.10. The molecule has 1 saturated heterocycles. The minimum Gasteiger partial charge on any atom is -0.372 e. The predicted molar refractivity (Wildman–Crippen MR) is 63.1 cm³/mol. The van der Waals surface area contributed by atoms with Crippen LogP contribution >= 0.6 is 0 Å². The Bertz CT molecular complexity index is 242. The second kappa shape index (κ2) is 5.69. The van der Waals surface area contributed by atoms with Gasteiger partial charge in [-0.1, -0.05) is 31.7 Å². The van der Waals surface area contributed by atoms with E-state index in [-0.39, 0.29) is 0 Å². The number of rotatable bonds is 4. The third-order valence-electron chi connectivity index (χ3n) is 2.66. The molecule has 78 valence electrons. The molecule has 0 aromatic heterocycles. The van der Waals surface area contributed by atoms with E-state index in [2.05, 4.69) is 43.6 Å². The molecule has 1 rings (SSSR count). The molecule has 0 N–H and O–H groups in total. The van der Waals surface area contributed by atoms with Gasteiger partial charge >= 0.3 is 0 Å². The maximum atomic E-state index is 4.14. The number of allylic oxidation sites excluding steroid dienone is 4. The summed E-state index contributed by atoms with van der Waals surface area (Å²) in [5, 5.41) is 0. The highest BCUT2D eigenvalue weighted by Gasteiger charge is 2.13. The monoisotopic (exact) mass is 191 g/mol. The van der Waals surface area contributed by atoms with Crippen molar-refractivity contribution in [3.63, 3.8) is 0 Å². The maximum absolute atomic E-state index is 4.14. The smallest absolute Gasteiger partial charge is 0.0322 e. The van der Waals surface area contributed by atoms with Crippen LogP contribution in [0.15, 0.2) is 36.1 Å². The van der Waals surface area contributed by atoms with Gasteiger partial charge in [0.25, 0.3) is 0 Å². The molecule has 1 heterocycles. The summed E-state index contributed by atoms with van der Waals surface area (Å²) in [6.45, 7) is 10.8. The van der Waals surface area contributed by atoms with Crippen LogP contribution in [0.2, 0.25) is 0 Å². The number of nitrogens with zero attached hydrogens (tertiary/aromatic N) is 1. The SMILES string of the molecule is C=C(/C(C)=C\C=C/CC)N1CCCC1. The van der Waals surface area contributed by atoms with Crippen LogP contribution in [0.3, 0.4) is 0 Å². The van der Waals surface area contributed by atoms with Crippen molar-refractivity contribution in [2.24, 2.45) is 0 Å². The lowest BCUT2D eigenvalue weighted by atomic mass is 10.2. The van der Waals surface area contributed by atoms with Crippen molar-refractivity contribution in [2.45, 2.75) is 33.1 Å². The maximum Gasteiger partial charge on any atom is 0.0322 e. The number of hydrogen-bond acceptors (Lipinski definition) is 1. The third-order valence-corrected chi connectivity index (χ3v) is 2.66. The predicted octanol–water partition coefficient (Wildman–Crippen LogP) is 3.51. The second-order valence-electron chi connectivity index (χ2n) is 3.83. The molecule has 0 aromatic rings. The molecule has 0 atom stereocenters. The number of likely N-dealkylation sites (tertiary alicyclic amines) is 1. The van der Waals surface area contributed by atoms with Crippen LogP contribution in [-0.4, -0.2) is 18.0 Å². The average molecular weight is 191 g/mol. The van der Waals surface area contributed by atoms with Crippen LogP contribution in [-0.2, 0) is 0 Å². The number of hydrogen-bond donors (Lipinski definition) is 0. The molecule has 0 unspecified atom stereocenters. The first kappa shape index (κ1) is 11.1. The summed E-state index contributed by atoms with van der Waals surface area (Å²) in [5.74, 6) is 0. The van der Waals surface area contributed by atoms with Gasteiger partial charge in [0.1, 0.15) is 0 Å². The Kier molecular flexibility index (Phi) is 4.51. The first-order valence-corrected chi connectivity index (χ1v) is 5.53. The Morgan fingerprint density at radius 1 is 1.36 bits per heavy atom. The second-order valence-corrected chi connectivity index (χ2v) is 3.83. The summed E-state index contributed by atoms with van der Waals surface area (Å²) >= 11 is 0. The first-order valence-electron chi connectivity index (χ1n) is 5.53. The largest absolute Gasteiger partial charge is 0.372 e. The quantitative estimate of drug-likeness (QED) is 0.615. The Morgan fingerprint density at radius 3 is 2.57 bits per heavy atom. The first-order chi connectivity index (χ1) is 6.75. The van der Waals surface area contributed by atoms with E-state index in [0.717, 1.165) is 6.42 Å². The van der Waals surface area contributed by atoms with Crippen LogP contribution in [0.4, 0.5) is 0 Å². The minimum absolute atomic E-state index is 1.10. The highest BCUT2D eigenvalue weighted by atomic mass is 15.1. The van der Waals surface area contributed by atoms with Gasteiger partial charge in [0.2, 0.25) is 0 Å². The van der Waals surface area contributed by atoms with E-state index in [9.17, 15) is 0 Å². The van der Waals surface area contributed by atoms with Crippen molar-refractivity contribution < 1.29 is 0 Å². The topological polar surface area (TPSA) is 3.24 Å². The van der Waals surface area contributed by atoms with Crippen LogP contribution < -0.4 is 0 Å². The van der Waals surface area contributed by atoms with Gasteiger partial charge in [0.05, 0.1) is 0 Å². The van der Waals surface area contributed by atoms with E-state index in [0.29, 0.717) is 0 Å². The lowest BCUT2D eigenvalue weighted by molar-refractivity contribution is 0.436. The van der Waals surface area contributed by atoms with Gasteiger partial charge < -0.3 is 4.90 Å². The fourth-order valence-corrected chi connectivity index (χ4v) is 1.68. The van der Waals surface area contributed by atoms with Crippen molar-refractivity contribution in [1.29, 1.82) is 0 Å². The van der Waals surface area contributed by atoms with Crippen molar-refractivity contribution in [2.75, 3.05) is 13.1 Å². The van der Waals surface area contributed by atoms with Crippen LogP contribution in [0.25, 0.3) is 0 Å². The third kappa shape index (κ3) is 3.06. The van der Waals surface area contributed by atoms with Crippen molar-refractivity contribution in [3.05, 3.63) is 36.1 Å². The molecular weight excluding hydrogens is 170 g/mol. The van der Waals surface area contributed by atoms with E-state index in [1.807, 2.05) is 0 Å². The molecule has 1 nitrogen and oxygen atoms in total. The van der Waals surface area contributed by atoms with Crippen molar-refractivity contribution >= 4 is 0 Å². The van der Waals surface area contributed by atoms with Gasteiger partial charge in [-0.25, -0.2) is 0 Å². The van der Waals surface area contributed by atoms with E-state index in [1.165, 1.54) is 37.2 Å². The van der Waals surface area contributed by atoms with Crippen LogP contribution in [0, 0.1) is 0 Å².